The van der Waals surface area contributed by atoms with Crippen molar-refractivity contribution in [1.29, 1.82) is 0 Å². The van der Waals surface area contributed by atoms with Gasteiger partial charge in [0.05, 0.1) is 21.8 Å². The maximum absolute atomic E-state index is 13.1. The van der Waals surface area contributed by atoms with Gasteiger partial charge in [-0.05, 0) is 44.4 Å². The third kappa shape index (κ3) is 5.71. The first-order chi connectivity index (χ1) is 15.6. The Morgan fingerprint density at radius 3 is 2.48 bits per heavy atom. The monoisotopic (exact) mass is 494 g/mol. The van der Waals surface area contributed by atoms with E-state index >= 15 is 0 Å². The first-order valence-electron chi connectivity index (χ1n) is 10.9. The molecule has 0 atom stereocenters. The van der Waals surface area contributed by atoms with Crippen LogP contribution in [0.2, 0.25) is 0 Å². The van der Waals surface area contributed by atoms with Gasteiger partial charge in [0.2, 0.25) is 15.9 Å². The summed E-state index contributed by atoms with van der Waals surface area (Å²) in [5.74, 6) is -0.722. The van der Waals surface area contributed by atoms with E-state index in [0.717, 1.165) is 36.7 Å². The molecule has 2 heterocycles. The van der Waals surface area contributed by atoms with Gasteiger partial charge in [-0.1, -0.05) is 0 Å². The number of hydrogen-bond acceptors (Lipinski definition) is 8. The Labute approximate surface area is 199 Å². The fourth-order valence-corrected chi connectivity index (χ4v) is 5.50. The van der Waals surface area contributed by atoms with Crippen LogP contribution in [0.25, 0.3) is 0 Å². The largest absolute Gasteiger partial charge is 0.455 e. The summed E-state index contributed by atoms with van der Waals surface area (Å²) in [4.78, 5) is 32.9. The summed E-state index contributed by atoms with van der Waals surface area (Å²) in [5, 5.41) is 2.29. The van der Waals surface area contributed by atoms with E-state index in [1.807, 2.05) is 6.92 Å². The van der Waals surface area contributed by atoms with Crippen LogP contribution in [0, 0.1) is 0 Å². The van der Waals surface area contributed by atoms with Crippen LogP contribution in [-0.4, -0.2) is 63.3 Å². The van der Waals surface area contributed by atoms with Crippen LogP contribution in [0.4, 0.5) is 10.8 Å². The molecule has 11 heteroatoms. The maximum atomic E-state index is 13.1. The molecule has 0 bridgehead atoms. The number of amides is 1. The van der Waals surface area contributed by atoms with Crippen molar-refractivity contribution in [2.45, 2.75) is 44.6 Å². The molecule has 0 spiro atoms. The van der Waals surface area contributed by atoms with Crippen LogP contribution < -0.4 is 9.80 Å². The highest BCUT2D eigenvalue weighted by atomic mass is 32.2. The zero-order valence-corrected chi connectivity index (χ0v) is 21.0. The maximum Gasteiger partial charge on any atom is 0.340 e. The molecule has 0 saturated carbocycles. The summed E-state index contributed by atoms with van der Waals surface area (Å²) in [6.45, 7) is 5.35. The lowest BCUT2D eigenvalue weighted by Gasteiger charge is -2.30. The van der Waals surface area contributed by atoms with Gasteiger partial charge >= 0.3 is 5.97 Å². The van der Waals surface area contributed by atoms with Gasteiger partial charge in [-0.3, -0.25) is 9.69 Å². The summed E-state index contributed by atoms with van der Waals surface area (Å²) in [5.41, 5.74) is 1.42. The molecule has 1 saturated heterocycles. The average Bonchev–Trinajstić information content (AvgIpc) is 3.26. The van der Waals surface area contributed by atoms with Crippen LogP contribution in [0.3, 0.4) is 0 Å². The zero-order valence-electron chi connectivity index (χ0n) is 19.4. The second-order valence-electron chi connectivity index (χ2n) is 7.97. The first-order valence-corrected chi connectivity index (χ1v) is 13.2. The minimum Gasteiger partial charge on any atom is -0.455 e. The van der Waals surface area contributed by atoms with E-state index < -0.39 is 16.0 Å². The number of hydrogen-bond donors (Lipinski definition) is 0. The van der Waals surface area contributed by atoms with E-state index in [4.69, 9.17) is 4.74 Å². The third-order valence-corrected chi connectivity index (χ3v) is 8.20. The predicted octanol–water partition coefficient (Wildman–Crippen LogP) is 3.11. The number of aromatic nitrogens is 1. The van der Waals surface area contributed by atoms with E-state index in [1.165, 1.54) is 44.5 Å². The molecular formula is C22H30N4O5S2. The van der Waals surface area contributed by atoms with E-state index in [9.17, 15) is 18.0 Å². The van der Waals surface area contributed by atoms with Crippen molar-refractivity contribution in [3.05, 3.63) is 34.8 Å². The molecular weight excluding hydrogens is 464 g/mol. The molecule has 1 aliphatic heterocycles. The lowest BCUT2D eigenvalue weighted by atomic mass is 10.1. The smallest absolute Gasteiger partial charge is 0.340 e. The SMILES string of the molecule is CCN(C(C)=O)c1nc(COC(=O)c2cc(S(=O)(=O)N(C)C)ccc2N2CCCCC2)cs1. The molecule has 9 nitrogen and oxygen atoms in total. The number of ether oxygens (including phenoxy) is 1. The van der Waals surface area contributed by atoms with Crippen LogP contribution >= 0.6 is 11.3 Å². The van der Waals surface area contributed by atoms with Crippen molar-refractivity contribution in [3.8, 4) is 0 Å². The van der Waals surface area contributed by atoms with Gasteiger partial charge in [0.1, 0.15) is 6.61 Å². The van der Waals surface area contributed by atoms with Crippen LogP contribution in [-0.2, 0) is 26.2 Å². The van der Waals surface area contributed by atoms with E-state index in [1.54, 1.807) is 16.3 Å². The van der Waals surface area contributed by atoms with Gasteiger partial charge in [-0.15, -0.1) is 11.3 Å². The Kier molecular flexibility index (Phi) is 8.09. The standard InChI is InChI=1S/C22H30N4O5S2/c1-5-26(16(2)27)22-23-17(15-32-22)14-31-21(28)19-13-18(33(29,30)24(3)4)9-10-20(19)25-11-7-6-8-12-25/h9-10,13,15H,5-8,11-12,14H2,1-4H3. The molecule has 0 unspecified atom stereocenters. The van der Waals surface area contributed by atoms with Gasteiger partial charge in [0.15, 0.2) is 5.13 Å². The molecule has 3 rings (SSSR count). The molecule has 1 aromatic heterocycles. The Balaban J connectivity index is 1.85. The van der Waals surface area contributed by atoms with Gasteiger partial charge < -0.3 is 9.64 Å². The number of carbonyl (C=O) groups excluding carboxylic acids is 2. The summed E-state index contributed by atoms with van der Waals surface area (Å²) < 4.78 is 31.9. The zero-order chi connectivity index (χ0) is 24.2. The number of nitrogens with zero attached hydrogens (tertiary/aromatic N) is 4. The Morgan fingerprint density at radius 2 is 1.88 bits per heavy atom. The van der Waals surface area contributed by atoms with Crippen LogP contribution in [0.1, 0.15) is 49.2 Å². The molecule has 1 amide bonds. The van der Waals surface area contributed by atoms with E-state index in [-0.39, 0.29) is 23.0 Å². The quantitative estimate of drug-likeness (QED) is 0.520. The fourth-order valence-electron chi connectivity index (χ4n) is 3.66. The molecule has 33 heavy (non-hydrogen) atoms. The number of anilines is 2. The lowest BCUT2D eigenvalue weighted by Crippen LogP contribution is -2.31. The predicted molar refractivity (Wildman–Crippen MR) is 128 cm³/mol. The van der Waals surface area contributed by atoms with Crippen molar-refractivity contribution in [1.82, 2.24) is 9.29 Å². The first kappa shape index (κ1) is 25.1. The van der Waals surface area contributed by atoms with E-state index in [0.29, 0.717) is 23.1 Å². The highest BCUT2D eigenvalue weighted by molar-refractivity contribution is 7.89. The number of carbonyl (C=O) groups is 2. The van der Waals surface area contributed by atoms with Gasteiger partial charge in [0, 0.05) is 46.0 Å². The number of benzene rings is 1. The molecule has 1 aliphatic rings. The lowest BCUT2D eigenvalue weighted by molar-refractivity contribution is -0.116. The van der Waals surface area contributed by atoms with E-state index in [2.05, 4.69) is 9.88 Å². The highest BCUT2D eigenvalue weighted by Gasteiger charge is 2.25. The van der Waals surface area contributed by atoms with Gasteiger partial charge in [0.25, 0.3) is 0 Å². The highest BCUT2D eigenvalue weighted by Crippen LogP contribution is 2.29. The van der Waals surface area contributed by atoms with Crippen molar-refractivity contribution < 1.29 is 22.7 Å². The summed E-state index contributed by atoms with van der Waals surface area (Å²) >= 11 is 1.30. The molecule has 0 aliphatic carbocycles. The number of piperidine rings is 1. The third-order valence-electron chi connectivity index (χ3n) is 5.48. The number of rotatable bonds is 8. The topological polar surface area (TPSA) is 100 Å². The van der Waals surface area contributed by atoms with Crippen molar-refractivity contribution in [2.75, 3.05) is 43.5 Å². The Morgan fingerprint density at radius 1 is 1.18 bits per heavy atom. The molecule has 2 aromatic rings. The van der Waals surface area contributed by atoms with Crippen molar-refractivity contribution >= 4 is 44.1 Å². The second kappa shape index (κ2) is 10.6. The average molecular weight is 495 g/mol. The molecule has 180 valence electrons. The number of esters is 1. The Hall–Kier alpha value is -2.50. The van der Waals surface area contributed by atoms with Gasteiger partial charge in [-0.25, -0.2) is 22.5 Å². The molecule has 0 radical (unpaired) electrons. The summed E-state index contributed by atoms with van der Waals surface area (Å²) in [6, 6.07) is 4.61. The van der Waals surface area contributed by atoms with Crippen molar-refractivity contribution in [2.24, 2.45) is 0 Å². The number of thiazole rings is 1. The second-order valence-corrected chi connectivity index (χ2v) is 11.0. The fraction of sp³-hybridized carbons (Fsp3) is 0.500. The van der Waals surface area contributed by atoms with Crippen LogP contribution in [0.15, 0.2) is 28.5 Å². The number of sulfonamides is 1. The minimum absolute atomic E-state index is 0.0381. The minimum atomic E-state index is -3.71. The summed E-state index contributed by atoms with van der Waals surface area (Å²) in [7, 11) is -0.804. The Bertz CT molecular complexity index is 1110. The summed E-state index contributed by atoms with van der Waals surface area (Å²) in [6.07, 6.45) is 3.15. The van der Waals surface area contributed by atoms with Crippen molar-refractivity contribution in [3.63, 3.8) is 0 Å². The molecule has 1 aromatic carbocycles. The molecule has 1 fully saturated rings. The van der Waals surface area contributed by atoms with Crippen LogP contribution in [0.5, 0.6) is 0 Å². The molecule has 0 N–H and O–H groups in total. The van der Waals surface area contributed by atoms with Gasteiger partial charge in [-0.2, -0.15) is 0 Å². The normalized spacial score (nSPS) is 14.4.